The average molecular weight is 407 g/mol. The molecule has 0 radical (unpaired) electrons. The van der Waals surface area contributed by atoms with E-state index < -0.39 is 27.3 Å². The highest BCUT2D eigenvalue weighted by molar-refractivity contribution is 7.94. The number of hydrogen-bond donors (Lipinski definition) is 1. The summed E-state index contributed by atoms with van der Waals surface area (Å²) in [6.07, 6.45) is 0. The van der Waals surface area contributed by atoms with E-state index in [-0.39, 0.29) is 22.0 Å². The van der Waals surface area contributed by atoms with E-state index >= 15 is 0 Å². The van der Waals surface area contributed by atoms with Gasteiger partial charge in [-0.05, 0) is 51.1 Å². The number of anilines is 2. The van der Waals surface area contributed by atoms with E-state index in [1.807, 2.05) is 19.1 Å². The van der Waals surface area contributed by atoms with Crippen LogP contribution in [0.4, 0.5) is 11.4 Å². The van der Waals surface area contributed by atoms with Crippen molar-refractivity contribution in [2.24, 2.45) is 5.41 Å². The Bertz CT molecular complexity index is 1030. The van der Waals surface area contributed by atoms with Gasteiger partial charge in [-0.25, -0.2) is 12.7 Å². The highest BCUT2D eigenvalue weighted by Crippen LogP contribution is 2.37. The van der Waals surface area contributed by atoms with E-state index in [0.29, 0.717) is 5.69 Å². The highest BCUT2D eigenvalue weighted by Gasteiger charge is 2.50. The fourth-order valence-electron chi connectivity index (χ4n) is 2.91. The van der Waals surface area contributed by atoms with E-state index in [2.05, 4.69) is 5.32 Å². The molecule has 1 fully saturated rings. The molecule has 0 atom stereocenters. The lowest BCUT2D eigenvalue weighted by Crippen LogP contribution is -2.33. The topological polar surface area (TPSA) is 83.6 Å². The molecule has 1 heterocycles. The molecular weight excluding hydrogens is 388 g/mol. The van der Waals surface area contributed by atoms with Crippen molar-refractivity contribution in [3.8, 4) is 0 Å². The SMILES string of the molecule is Cc1ccc(NC(=O)c2cc(N3C(=O)C(C)(C)CS3(=O)=O)ccc2Cl)cc1. The molecule has 0 saturated carbocycles. The molecule has 1 N–H and O–H groups in total. The standard InChI is InChI=1S/C19H19ClN2O4S/c1-12-4-6-13(7-5-12)21-17(23)15-10-14(8-9-16(15)20)22-18(24)19(2,3)11-27(22,25)26/h4-10H,11H2,1-3H3,(H,21,23). The zero-order valence-corrected chi connectivity index (χ0v) is 16.7. The van der Waals surface area contributed by atoms with Gasteiger partial charge in [0.05, 0.1) is 27.4 Å². The molecule has 142 valence electrons. The maximum Gasteiger partial charge on any atom is 0.257 e. The van der Waals surface area contributed by atoms with Gasteiger partial charge in [0.2, 0.25) is 15.9 Å². The van der Waals surface area contributed by atoms with Crippen molar-refractivity contribution in [1.29, 1.82) is 0 Å². The van der Waals surface area contributed by atoms with Crippen molar-refractivity contribution in [2.45, 2.75) is 20.8 Å². The summed E-state index contributed by atoms with van der Waals surface area (Å²) in [5, 5.41) is 2.87. The number of carbonyl (C=O) groups excluding carboxylic acids is 2. The minimum atomic E-state index is -3.81. The summed E-state index contributed by atoms with van der Waals surface area (Å²) in [5.74, 6) is -1.31. The largest absolute Gasteiger partial charge is 0.322 e. The summed E-state index contributed by atoms with van der Waals surface area (Å²) in [4.78, 5) is 25.2. The second-order valence-electron chi connectivity index (χ2n) is 7.19. The van der Waals surface area contributed by atoms with Crippen LogP contribution in [0.15, 0.2) is 42.5 Å². The number of benzene rings is 2. The molecule has 2 amide bonds. The summed E-state index contributed by atoms with van der Waals surface area (Å²) < 4.78 is 25.7. The van der Waals surface area contributed by atoms with E-state index in [9.17, 15) is 18.0 Å². The number of rotatable bonds is 3. The summed E-state index contributed by atoms with van der Waals surface area (Å²) >= 11 is 6.14. The molecule has 2 aromatic carbocycles. The lowest BCUT2D eigenvalue weighted by atomic mass is 9.95. The van der Waals surface area contributed by atoms with Gasteiger partial charge in [-0.1, -0.05) is 29.3 Å². The van der Waals surface area contributed by atoms with Crippen molar-refractivity contribution in [3.63, 3.8) is 0 Å². The van der Waals surface area contributed by atoms with Gasteiger partial charge in [0.1, 0.15) is 0 Å². The van der Waals surface area contributed by atoms with Crippen LogP contribution in [0.1, 0.15) is 29.8 Å². The lowest BCUT2D eigenvalue weighted by molar-refractivity contribution is -0.123. The Balaban J connectivity index is 1.96. The Kier molecular flexibility index (Phi) is 4.78. The van der Waals surface area contributed by atoms with Gasteiger partial charge in [0.25, 0.3) is 5.91 Å². The number of amides is 2. The van der Waals surface area contributed by atoms with Gasteiger partial charge in [0, 0.05) is 5.69 Å². The molecule has 2 aromatic rings. The second-order valence-corrected chi connectivity index (χ2v) is 9.42. The lowest BCUT2D eigenvalue weighted by Gasteiger charge is -2.18. The highest BCUT2D eigenvalue weighted by atomic mass is 35.5. The van der Waals surface area contributed by atoms with E-state index in [1.165, 1.54) is 18.2 Å². The summed E-state index contributed by atoms with van der Waals surface area (Å²) in [6, 6.07) is 11.4. The smallest absolute Gasteiger partial charge is 0.257 e. The predicted molar refractivity (Wildman–Crippen MR) is 106 cm³/mol. The predicted octanol–water partition coefficient (Wildman–Crippen LogP) is 3.60. The quantitative estimate of drug-likeness (QED) is 0.844. The Morgan fingerprint density at radius 2 is 1.78 bits per heavy atom. The Morgan fingerprint density at radius 1 is 1.15 bits per heavy atom. The van der Waals surface area contributed by atoms with Gasteiger partial charge in [-0.15, -0.1) is 0 Å². The van der Waals surface area contributed by atoms with Crippen molar-refractivity contribution >= 4 is 44.8 Å². The maximum absolute atomic E-state index is 12.6. The van der Waals surface area contributed by atoms with E-state index in [1.54, 1.807) is 26.0 Å². The average Bonchev–Trinajstić information content (AvgIpc) is 2.73. The Hall–Kier alpha value is -2.38. The number of sulfonamides is 1. The van der Waals surface area contributed by atoms with Crippen LogP contribution in [0.25, 0.3) is 0 Å². The van der Waals surface area contributed by atoms with Crippen LogP contribution in [0, 0.1) is 12.3 Å². The van der Waals surface area contributed by atoms with Crippen LogP contribution in [0.2, 0.25) is 5.02 Å². The van der Waals surface area contributed by atoms with Gasteiger partial charge in [-0.2, -0.15) is 0 Å². The number of carbonyl (C=O) groups is 2. The maximum atomic E-state index is 12.6. The zero-order valence-electron chi connectivity index (χ0n) is 15.1. The second kappa shape index (κ2) is 6.65. The molecule has 0 bridgehead atoms. The van der Waals surface area contributed by atoms with Crippen LogP contribution < -0.4 is 9.62 Å². The third kappa shape index (κ3) is 3.70. The van der Waals surface area contributed by atoms with Gasteiger partial charge < -0.3 is 5.32 Å². The third-order valence-electron chi connectivity index (χ3n) is 4.32. The number of halogens is 1. The van der Waals surface area contributed by atoms with E-state index in [0.717, 1.165) is 9.87 Å². The van der Waals surface area contributed by atoms with Gasteiger partial charge in [-0.3, -0.25) is 9.59 Å². The van der Waals surface area contributed by atoms with Crippen molar-refractivity contribution in [1.82, 2.24) is 0 Å². The fourth-order valence-corrected chi connectivity index (χ4v) is 5.21. The molecule has 0 aromatic heterocycles. The minimum Gasteiger partial charge on any atom is -0.322 e. The van der Waals surface area contributed by atoms with Crippen LogP contribution >= 0.6 is 11.6 Å². The molecular formula is C19H19ClN2O4S. The van der Waals surface area contributed by atoms with Crippen LogP contribution in [0.3, 0.4) is 0 Å². The normalized spacial score (nSPS) is 17.8. The molecule has 6 nitrogen and oxygen atoms in total. The van der Waals surface area contributed by atoms with Gasteiger partial charge >= 0.3 is 0 Å². The monoisotopic (exact) mass is 406 g/mol. The van der Waals surface area contributed by atoms with Crippen LogP contribution in [-0.2, 0) is 14.8 Å². The molecule has 8 heteroatoms. The molecule has 0 unspecified atom stereocenters. The summed E-state index contributed by atoms with van der Waals surface area (Å²) in [5.41, 5.74) is 0.793. The van der Waals surface area contributed by atoms with Gasteiger partial charge in [0.15, 0.2) is 0 Å². The molecule has 0 spiro atoms. The third-order valence-corrected chi connectivity index (χ3v) is 6.67. The first-order chi connectivity index (χ1) is 12.5. The van der Waals surface area contributed by atoms with Crippen molar-refractivity contribution in [3.05, 3.63) is 58.6 Å². The molecule has 1 saturated heterocycles. The fraction of sp³-hybridized carbons (Fsp3) is 0.263. The minimum absolute atomic E-state index is 0.0856. The summed E-state index contributed by atoms with van der Waals surface area (Å²) in [7, 11) is -3.81. The first-order valence-electron chi connectivity index (χ1n) is 8.26. The zero-order chi connectivity index (χ0) is 20.0. The first-order valence-corrected chi connectivity index (χ1v) is 10.2. The molecule has 0 aliphatic carbocycles. The molecule has 3 rings (SSSR count). The van der Waals surface area contributed by atoms with E-state index in [4.69, 9.17) is 11.6 Å². The Morgan fingerprint density at radius 3 is 2.33 bits per heavy atom. The molecule has 27 heavy (non-hydrogen) atoms. The van der Waals surface area contributed by atoms with Crippen molar-refractivity contribution < 1.29 is 18.0 Å². The van der Waals surface area contributed by atoms with Crippen molar-refractivity contribution in [2.75, 3.05) is 15.4 Å². The summed E-state index contributed by atoms with van der Waals surface area (Å²) in [6.45, 7) is 5.09. The number of nitrogens with zero attached hydrogens (tertiary/aromatic N) is 1. The Labute approximate surface area is 163 Å². The van der Waals surface area contributed by atoms with Crippen LogP contribution in [-0.4, -0.2) is 26.0 Å². The number of nitrogens with one attached hydrogen (secondary N) is 1. The number of aryl methyl sites for hydroxylation is 1. The number of hydrogen-bond acceptors (Lipinski definition) is 4. The molecule has 1 aliphatic heterocycles. The molecule has 1 aliphatic rings. The van der Waals surface area contributed by atoms with Crippen LogP contribution in [0.5, 0.6) is 0 Å². The first kappa shape index (κ1) is 19.4.